The van der Waals surface area contributed by atoms with Crippen LogP contribution in [0.2, 0.25) is 0 Å². The average molecular weight is 211 g/mol. The molecule has 1 rings (SSSR count). The Kier molecular flexibility index (Phi) is 5.36. The third kappa shape index (κ3) is 4.01. The Balaban J connectivity index is 2.62. The van der Waals surface area contributed by atoms with Crippen LogP contribution in [0.1, 0.15) is 26.7 Å². The summed E-state index contributed by atoms with van der Waals surface area (Å²) in [4.78, 5) is 9.87. The van der Waals surface area contributed by atoms with Gasteiger partial charge < -0.3 is 10.2 Å². The molecule has 0 saturated carbocycles. The molecule has 1 saturated heterocycles. The standard InChI is InChI=1S/C11H21N3O/c1-4-6-9(2)14-11(15-12-3)10-7-5-8-13-10/h4,6,9-10,12-13H,5,7-8H2,1-3H3/b6-4?,14-11-/t9?,10-/m0/s1. The van der Waals surface area contributed by atoms with Crippen LogP contribution in [0, 0.1) is 0 Å². The summed E-state index contributed by atoms with van der Waals surface area (Å²) in [6.45, 7) is 5.10. The van der Waals surface area contributed by atoms with Gasteiger partial charge in [0.15, 0.2) is 0 Å². The molecule has 1 fully saturated rings. The van der Waals surface area contributed by atoms with E-state index < -0.39 is 0 Å². The molecular formula is C11H21N3O. The summed E-state index contributed by atoms with van der Waals surface area (Å²) in [5, 5.41) is 3.37. The largest absolute Gasteiger partial charge is 0.392 e. The number of nitrogens with zero attached hydrogens (tertiary/aromatic N) is 1. The summed E-state index contributed by atoms with van der Waals surface area (Å²) >= 11 is 0. The highest BCUT2D eigenvalue weighted by Crippen LogP contribution is 2.08. The van der Waals surface area contributed by atoms with Crippen LogP contribution in [0.5, 0.6) is 0 Å². The molecule has 15 heavy (non-hydrogen) atoms. The molecule has 1 aliphatic rings. The molecule has 0 bridgehead atoms. The third-order valence-corrected chi connectivity index (χ3v) is 2.37. The molecule has 0 aromatic heterocycles. The van der Waals surface area contributed by atoms with E-state index in [0.29, 0.717) is 0 Å². The molecule has 1 unspecified atom stereocenters. The molecule has 1 heterocycles. The Hall–Kier alpha value is -0.870. The zero-order chi connectivity index (χ0) is 11.1. The number of allylic oxidation sites excluding steroid dienone is 1. The molecule has 0 aromatic carbocycles. The first-order valence-electron chi connectivity index (χ1n) is 5.55. The lowest BCUT2D eigenvalue weighted by Gasteiger charge is -2.14. The van der Waals surface area contributed by atoms with Gasteiger partial charge in [0, 0.05) is 7.05 Å². The van der Waals surface area contributed by atoms with Gasteiger partial charge >= 0.3 is 0 Å². The number of aliphatic imine (C=N–C) groups is 1. The van der Waals surface area contributed by atoms with Gasteiger partial charge in [-0.05, 0) is 33.2 Å². The second-order valence-corrected chi connectivity index (χ2v) is 3.69. The highest BCUT2D eigenvalue weighted by Gasteiger charge is 2.22. The maximum Gasteiger partial charge on any atom is 0.226 e. The number of hydroxylamine groups is 1. The Labute approximate surface area is 91.8 Å². The fourth-order valence-corrected chi connectivity index (χ4v) is 1.71. The molecule has 4 nitrogen and oxygen atoms in total. The first-order chi connectivity index (χ1) is 7.27. The fraction of sp³-hybridized carbons (Fsp3) is 0.727. The van der Waals surface area contributed by atoms with Crippen molar-refractivity contribution in [3.63, 3.8) is 0 Å². The maximum absolute atomic E-state index is 5.35. The molecule has 4 heteroatoms. The third-order valence-electron chi connectivity index (χ3n) is 2.37. The highest BCUT2D eigenvalue weighted by molar-refractivity contribution is 5.82. The van der Waals surface area contributed by atoms with Crippen molar-refractivity contribution in [3.05, 3.63) is 12.2 Å². The quantitative estimate of drug-likeness (QED) is 0.318. The second-order valence-electron chi connectivity index (χ2n) is 3.69. The number of nitrogens with one attached hydrogen (secondary N) is 2. The van der Waals surface area contributed by atoms with Crippen LogP contribution in [0.3, 0.4) is 0 Å². The minimum Gasteiger partial charge on any atom is -0.392 e. The van der Waals surface area contributed by atoms with E-state index in [1.165, 1.54) is 6.42 Å². The van der Waals surface area contributed by atoms with Crippen LogP contribution in [0.15, 0.2) is 17.1 Å². The monoisotopic (exact) mass is 211 g/mol. The van der Waals surface area contributed by atoms with E-state index in [-0.39, 0.29) is 12.1 Å². The van der Waals surface area contributed by atoms with E-state index in [2.05, 4.69) is 15.8 Å². The lowest BCUT2D eigenvalue weighted by Crippen LogP contribution is -2.36. The molecular weight excluding hydrogens is 190 g/mol. The van der Waals surface area contributed by atoms with Crippen LogP contribution in [0.25, 0.3) is 0 Å². The molecule has 0 aromatic rings. The van der Waals surface area contributed by atoms with Gasteiger partial charge in [0.2, 0.25) is 5.90 Å². The van der Waals surface area contributed by atoms with Crippen molar-refractivity contribution in [2.75, 3.05) is 13.6 Å². The van der Waals surface area contributed by atoms with Crippen LogP contribution in [-0.2, 0) is 4.84 Å². The van der Waals surface area contributed by atoms with E-state index in [4.69, 9.17) is 4.84 Å². The van der Waals surface area contributed by atoms with Gasteiger partial charge in [0.05, 0.1) is 12.1 Å². The van der Waals surface area contributed by atoms with Gasteiger partial charge in [-0.25, -0.2) is 4.99 Å². The Morgan fingerprint density at radius 1 is 1.67 bits per heavy atom. The predicted octanol–water partition coefficient (Wildman–Crippen LogP) is 1.25. The summed E-state index contributed by atoms with van der Waals surface area (Å²) in [5.74, 6) is 0.764. The van der Waals surface area contributed by atoms with Crippen LogP contribution >= 0.6 is 0 Å². The summed E-state index contributed by atoms with van der Waals surface area (Å²) < 4.78 is 0. The van der Waals surface area contributed by atoms with Gasteiger partial charge in [-0.15, -0.1) is 0 Å². The van der Waals surface area contributed by atoms with Crippen molar-refractivity contribution in [1.82, 2.24) is 10.8 Å². The lowest BCUT2D eigenvalue weighted by atomic mass is 10.2. The number of hydrogen-bond donors (Lipinski definition) is 2. The Morgan fingerprint density at radius 2 is 2.47 bits per heavy atom. The predicted molar refractivity (Wildman–Crippen MR) is 62.9 cm³/mol. The SMILES string of the molecule is CC=CC(C)/N=C(\ONC)[C@@H]1CCCN1. The first-order valence-corrected chi connectivity index (χ1v) is 5.55. The molecule has 2 N–H and O–H groups in total. The van der Waals surface area contributed by atoms with Crippen molar-refractivity contribution in [1.29, 1.82) is 0 Å². The first kappa shape index (κ1) is 12.2. The van der Waals surface area contributed by atoms with E-state index in [1.807, 2.05) is 26.0 Å². The summed E-state index contributed by atoms with van der Waals surface area (Å²) in [6, 6.07) is 0.436. The van der Waals surface area contributed by atoms with Crippen LogP contribution in [-0.4, -0.2) is 31.6 Å². The van der Waals surface area contributed by atoms with Crippen molar-refractivity contribution in [2.24, 2.45) is 4.99 Å². The number of hydrogen-bond acceptors (Lipinski definition) is 4. The lowest BCUT2D eigenvalue weighted by molar-refractivity contribution is 0.195. The maximum atomic E-state index is 5.35. The smallest absolute Gasteiger partial charge is 0.226 e. The second kappa shape index (κ2) is 6.58. The van der Waals surface area contributed by atoms with E-state index in [1.54, 1.807) is 7.05 Å². The summed E-state index contributed by atoms with van der Waals surface area (Å²) in [5.41, 5.74) is 2.70. The topological polar surface area (TPSA) is 45.6 Å². The van der Waals surface area contributed by atoms with Crippen molar-refractivity contribution in [3.8, 4) is 0 Å². The van der Waals surface area contributed by atoms with Gasteiger partial charge in [-0.1, -0.05) is 12.2 Å². The summed E-state index contributed by atoms with van der Waals surface area (Å²) in [7, 11) is 1.75. The molecule has 2 atom stereocenters. The van der Waals surface area contributed by atoms with Crippen molar-refractivity contribution >= 4 is 5.90 Å². The van der Waals surface area contributed by atoms with E-state index >= 15 is 0 Å². The van der Waals surface area contributed by atoms with Crippen LogP contribution < -0.4 is 10.8 Å². The molecule has 86 valence electrons. The van der Waals surface area contributed by atoms with Gasteiger partial charge in [0.1, 0.15) is 0 Å². The van der Waals surface area contributed by atoms with Gasteiger partial charge in [-0.2, -0.15) is 5.48 Å². The highest BCUT2D eigenvalue weighted by atomic mass is 16.7. The normalized spacial score (nSPS) is 24.7. The minimum absolute atomic E-state index is 0.167. The molecule has 0 amide bonds. The Morgan fingerprint density at radius 3 is 3.00 bits per heavy atom. The van der Waals surface area contributed by atoms with E-state index in [9.17, 15) is 0 Å². The van der Waals surface area contributed by atoms with Crippen molar-refractivity contribution in [2.45, 2.75) is 38.8 Å². The zero-order valence-electron chi connectivity index (χ0n) is 9.79. The van der Waals surface area contributed by atoms with Gasteiger partial charge in [0.25, 0.3) is 0 Å². The number of rotatable bonds is 4. The molecule has 1 aliphatic heterocycles. The molecule has 0 aliphatic carbocycles. The van der Waals surface area contributed by atoms with Crippen LogP contribution in [0.4, 0.5) is 0 Å². The minimum atomic E-state index is 0.167. The van der Waals surface area contributed by atoms with Gasteiger partial charge in [-0.3, -0.25) is 0 Å². The van der Waals surface area contributed by atoms with Crippen molar-refractivity contribution < 1.29 is 4.84 Å². The zero-order valence-corrected chi connectivity index (χ0v) is 9.79. The van der Waals surface area contributed by atoms with E-state index in [0.717, 1.165) is 18.9 Å². The average Bonchev–Trinajstić information content (AvgIpc) is 2.70. The molecule has 0 radical (unpaired) electrons. The summed E-state index contributed by atoms with van der Waals surface area (Å²) in [6.07, 6.45) is 6.35. The Bertz CT molecular complexity index is 232. The molecule has 0 spiro atoms. The fourth-order valence-electron chi connectivity index (χ4n) is 1.71.